The predicted molar refractivity (Wildman–Crippen MR) is 75.2 cm³/mol. The minimum atomic E-state index is -0.587. The van der Waals surface area contributed by atoms with Crippen LogP contribution in [0.1, 0.15) is 33.6 Å². The Labute approximate surface area is 115 Å². The molecule has 5 heteroatoms. The number of esters is 1. The molecular weight excluding hydrogens is 244 g/mol. The Balaban J connectivity index is 0.000000356. The van der Waals surface area contributed by atoms with E-state index in [0.29, 0.717) is 18.5 Å². The van der Waals surface area contributed by atoms with Crippen molar-refractivity contribution in [3.8, 4) is 0 Å². The van der Waals surface area contributed by atoms with Gasteiger partial charge in [0.1, 0.15) is 5.60 Å². The number of nitrogens with two attached hydrogens (primary N) is 1. The van der Waals surface area contributed by atoms with Crippen LogP contribution in [0.15, 0.2) is 24.9 Å². The number of rotatable bonds is 4. The van der Waals surface area contributed by atoms with Gasteiger partial charge >= 0.3 is 5.97 Å². The lowest BCUT2D eigenvalue weighted by molar-refractivity contribution is -0.150. The second kappa shape index (κ2) is 7.74. The van der Waals surface area contributed by atoms with Gasteiger partial charge in [0.25, 0.3) is 0 Å². The molecule has 0 bridgehead atoms. The average Bonchev–Trinajstić information content (AvgIpc) is 2.75. The number of carbonyl (C=O) groups is 2. The number of nitrogens with zero attached hydrogens (tertiary/aromatic N) is 1. The molecule has 1 fully saturated rings. The largest absolute Gasteiger partial charge is 0.455 e. The highest BCUT2D eigenvalue weighted by atomic mass is 16.6. The third-order valence-electron chi connectivity index (χ3n) is 2.54. The monoisotopic (exact) mass is 268 g/mol. The van der Waals surface area contributed by atoms with Crippen molar-refractivity contribution in [2.75, 3.05) is 13.1 Å². The van der Waals surface area contributed by atoms with E-state index in [1.54, 1.807) is 31.9 Å². The Morgan fingerprint density at radius 3 is 2.42 bits per heavy atom. The Bertz CT molecular complexity index is 362. The molecule has 0 unspecified atom stereocenters. The number of likely N-dealkylation sites (tertiary alicyclic amines) is 1. The number of carbonyl (C=O) groups excluding carboxylic acids is 2. The Morgan fingerprint density at radius 2 is 2.16 bits per heavy atom. The Kier molecular flexibility index (Phi) is 7.08. The molecule has 1 aliphatic heterocycles. The van der Waals surface area contributed by atoms with E-state index >= 15 is 0 Å². The summed E-state index contributed by atoms with van der Waals surface area (Å²) >= 11 is 0. The SMILES string of the molecule is C=C(C)C(=O)OC(C)(C)CN.C=CN1CCCC1=O. The summed E-state index contributed by atoms with van der Waals surface area (Å²) in [7, 11) is 0. The van der Waals surface area contributed by atoms with E-state index in [2.05, 4.69) is 13.2 Å². The first kappa shape index (κ1) is 17.4. The fraction of sp³-hybridized carbons (Fsp3) is 0.571. The van der Waals surface area contributed by atoms with Crippen LogP contribution >= 0.6 is 0 Å². The van der Waals surface area contributed by atoms with Crippen molar-refractivity contribution in [3.05, 3.63) is 24.9 Å². The summed E-state index contributed by atoms with van der Waals surface area (Å²) in [5.41, 5.74) is 5.16. The minimum absolute atomic E-state index is 0.208. The van der Waals surface area contributed by atoms with E-state index in [9.17, 15) is 9.59 Å². The molecule has 0 saturated carbocycles. The first-order valence-electron chi connectivity index (χ1n) is 6.24. The van der Waals surface area contributed by atoms with Gasteiger partial charge < -0.3 is 15.4 Å². The van der Waals surface area contributed by atoms with E-state index in [4.69, 9.17) is 10.5 Å². The van der Waals surface area contributed by atoms with Gasteiger partial charge in [-0.1, -0.05) is 13.2 Å². The summed E-state index contributed by atoms with van der Waals surface area (Å²) in [6.07, 6.45) is 3.28. The van der Waals surface area contributed by atoms with E-state index < -0.39 is 5.60 Å². The summed E-state index contributed by atoms with van der Waals surface area (Å²) in [5.74, 6) is -0.180. The van der Waals surface area contributed by atoms with Crippen molar-refractivity contribution >= 4 is 11.9 Å². The molecule has 0 aromatic carbocycles. The zero-order chi connectivity index (χ0) is 15.1. The molecule has 0 aliphatic carbocycles. The maximum atomic E-state index is 10.9. The van der Waals surface area contributed by atoms with Gasteiger partial charge in [0.15, 0.2) is 0 Å². The van der Waals surface area contributed by atoms with Crippen LogP contribution in [0, 0.1) is 0 Å². The molecule has 5 nitrogen and oxygen atoms in total. The van der Waals surface area contributed by atoms with Crippen LogP contribution in [0.2, 0.25) is 0 Å². The molecule has 0 atom stereocenters. The van der Waals surface area contributed by atoms with Gasteiger partial charge in [-0.3, -0.25) is 4.79 Å². The number of hydrogen-bond acceptors (Lipinski definition) is 4. The highest BCUT2D eigenvalue weighted by Crippen LogP contribution is 2.09. The van der Waals surface area contributed by atoms with E-state index in [-0.39, 0.29) is 11.9 Å². The van der Waals surface area contributed by atoms with Crippen molar-refractivity contribution in [2.24, 2.45) is 5.73 Å². The van der Waals surface area contributed by atoms with Crippen molar-refractivity contribution in [1.29, 1.82) is 0 Å². The molecule has 0 aromatic rings. The zero-order valence-electron chi connectivity index (χ0n) is 12.1. The minimum Gasteiger partial charge on any atom is -0.455 e. The van der Waals surface area contributed by atoms with Gasteiger partial charge in [-0.15, -0.1) is 0 Å². The van der Waals surface area contributed by atoms with Crippen LogP contribution < -0.4 is 5.73 Å². The first-order valence-corrected chi connectivity index (χ1v) is 6.24. The normalized spacial score (nSPS) is 14.5. The number of hydrogen-bond donors (Lipinski definition) is 1. The highest BCUT2D eigenvalue weighted by Gasteiger charge is 2.20. The van der Waals surface area contributed by atoms with E-state index in [0.717, 1.165) is 13.0 Å². The van der Waals surface area contributed by atoms with E-state index in [1.165, 1.54) is 0 Å². The molecule has 1 aliphatic rings. The van der Waals surface area contributed by atoms with Crippen molar-refractivity contribution in [2.45, 2.75) is 39.2 Å². The summed E-state index contributed by atoms with van der Waals surface area (Å²) in [4.78, 5) is 23.3. The Morgan fingerprint density at radius 1 is 1.58 bits per heavy atom. The molecule has 1 rings (SSSR count). The van der Waals surface area contributed by atoms with Crippen molar-refractivity contribution in [3.63, 3.8) is 0 Å². The fourth-order valence-corrected chi connectivity index (χ4v) is 1.24. The van der Waals surface area contributed by atoms with Gasteiger partial charge in [-0.25, -0.2) is 4.79 Å². The highest BCUT2D eigenvalue weighted by molar-refractivity contribution is 5.87. The van der Waals surface area contributed by atoms with Gasteiger partial charge in [-0.05, 0) is 33.4 Å². The maximum Gasteiger partial charge on any atom is 0.333 e. The lowest BCUT2D eigenvalue weighted by Crippen LogP contribution is -2.36. The van der Waals surface area contributed by atoms with Gasteiger partial charge in [-0.2, -0.15) is 0 Å². The standard InChI is InChI=1S/C8H15NO2.C6H9NO/c1-6(2)7(10)11-8(3,4)5-9;1-2-7-5-3-4-6(7)8/h1,5,9H2,2-4H3;2H,1,3-5H2. The fourth-order valence-electron chi connectivity index (χ4n) is 1.24. The molecule has 0 spiro atoms. The molecule has 0 radical (unpaired) electrons. The average molecular weight is 268 g/mol. The van der Waals surface area contributed by atoms with Gasteiger partial charge in [0.2, 0.25) is 5.91 Å². The lowest BCUT2D eigenvalue weighted by Gasteiger charge is -2.22. The van der Waals surface area contributed by atoms with Crippen molar-refractivity contribution < 1.29 is 14.3 Å². The first-order chi connectivity index (χ1) is 8.73. The predicted octanol–water partition coefficient (Wildman–Crippen LogP) is 1.60. The topological polar surface area (TPSA) is 72.6 Å². The van der Waals surface area contributed by atoms with Crippen LogP contribution in [0.5, 0.6) is 0 Å². The van der Waals surface area contributed by atoms with Gasteiger partial charge in [0, 0.05) is 25.1 Å². The molecule has 1 amide bonds. The quantitative estimate of drug-likeness (QED) is 0.621. The molecule has 1 saturated heterocycles. The van der Waals surface area contributed by atoms with Crippen molar-refractivity contribution in [1.82, 2.24) is 4.90 Å². The smallest absolute Gasteiger partial charge is 0.333 e. The summed E-state index contributed by atoms with van der Waals surface area (Å²) in [6.45, 7) is 13.3. The van der Waals surface area contributed by atoms with Crippen LogP contribution in [0.3, 0.4) is 0 Å². The van der Waals surface area contributed by atoms with Crippen LogP contribution in [0.4, 0.5) is 0 Å². The summed E-state index contributed by atoms with van der Waals surface area (Å²) in [5, 5.41) is 0. The molecule has 1 heterocycles. The lowest BCUT2D eigenvalue weighted by atomic mass is 10.1. The molecular formula is C14H24N2O3. The maximum absolute atomic E-state index is 10.9. The van der Waals surface area contributed by atoms with Crippen LogP contribution in [0.25, 0.3) is 0 Å². The molecule has 0 aromatic heterocycles. The number of ether oxygens (including phenoxy) is 1. The Hall–Kier alpha value is -1.62. The van der Waals surface area contributed by atoms with Gasteiger partial charge in [0.05, 0.1) is 0 Å². The number of amides is 1. The molecule has 2 N–H and O–H groups in total. The molecule has 19 heavy (non-hydrogen) atoms. The second-order valence-electron chi connectivity index (χ2n) is 5.01. The zero-order valence-corrected chi connectivity index (χ0v) is 12.1. The summed E-state index contributed by atoms with van der Waals surface area (Å²) < 4.78 is 4.98. The molecule has 108 valence electrons. The third-order valence-corrected chi connectivity index (χ3v) is 2.54. The van der Waals surface area contributed by atoms with Crippen LogP contribution in [-0.4, -0.2) is 35.5 Å². The third kappa shape index (κ3) is 6.76. The van der Waals surface area contributed by atoms with E-state index in [1.807, 2.05) is 0 Å². The van der Waals surface area contributed by atoms with Crippen LogP contribution in [-0.2, 0) is 14.3 Å². The summed E-state index contributed by atoms with van der Waals surface area (Å²) in [6, 6.07) is 0. The second-order valence-corrected chi connectivity index (χ2v) is 5.01.